The standard InChI is InChI=1S/C21H26ClN3O4S/c1-5-25(6-2)30(28,29)17-11-12-19(22)18(13-17)21(27)24-16-9-7-15(8-10-16)23-20(26)14(3)4/h7-14H,5-6H2,1-4H3,(H,23,26)(H,24,27). The van der Waals surface area contributed by atoms with E-state index in [0.717, 1.165) is 0 Å². The molecule has 0 radical (unpaired) electrons. The van der Waals surface area contributed by atoms with Crippen LogP contribution in [0.4, 0.5) is 11.4 Å². The molecule has 0 spiro atoms. The van der Waals surface area contributed by atoms with Crippen LogP contribution in [0.1, 0.15) is 38.1 Å². The lowest BCUT2D eigenvalue weighted by atomic mass is 10.2. The van der Waals surface area contributed by atoms with Gasteiger partial charge in [0.15, 0.2) is 0 Å². The van der Waals surface area contributed by atoms with Crippen LogP contribution in [0.15, 0.2) is 47.4 Å². The molecule has 0 aliphatic rings. The zero-order valence-electron chi connectivity index (χ0n) is 17.4. The van der Waals surface area contributed by atoms with Crippen LogP contribution in [0.25, 0.3) is 0 Å². The third kappa shape index (κ3) is 5.59. The summed E-state index contributed by atoms with van der Waals surface area (Å²) in [7, 11) is -3.72. The van der Waals surface area contributed by atoms with Crippen LogP contribution in [-0.4, -0.2) is 37.6 Å². The molecule has 2 N–H and O–H groups in total. The van der Waals surface area contributed by atoms with Crippen LogP contribution in [-0.2, 0) is 14.8 Å². The number of carbonyl (C=O) groups is 2. The number of carbonyl (C=O) groups excluding carboxylic acids is 2. The van der Waals surface area contributed by atoms with Gasteiger partial charge in [0.25, 0.3) is 5.91 Å². The summed E-state index contributed by atoms with van der Waals surface area (Å²) < 4.78 is 26.8. The number of hydrogen-bond acceptors (Lipinski definition) is 4. The number of nitrogens with one attached hydrogen (secondary N) is 2. The summed E-state index contributed by atoms with van der Waals surface area (Å²) in [6.45, 7) is 7.73. The van der Waals surface area contributed by atoms with E-state index in [-0.39, 0.29) is 27.3 Å². The average molecular weight is 452 g/mol. The van der Waals surface area contributed by atoms with Gasteiger partial charge in [-0.3, -0.25) is 9.59 Å². The van der Waals surface area contributed by atoms with Crippen molar-refractivity contribution in [1.29, 1.82) is 0 Å². The van der Waals surface area contributed by atoms with Gasteiger partial charge in [-0.15, -0.1) is 0 Å². The molecule has 9 heteroatoms. The first-order valence-corrected chi connectivity index (χ1v) is 11.4. The molecule has 2 rings (SSSR count). The molecule has 0 atom stereocenters. The number of hydrogen-bond donors (Lipinski definition) is 2. The SMILES string of the molecule is CCN(CC)S(=O)(=O)c1ccc(Cl)c(C(=O)Nc2ccc(NC(=O)C(C)C)cc2)c1. The molecule has 2 amide bonds. The Morgan fingerprint density at radius 3 is 2.00 bits per heavy atom. The van der Waals surface area contributed by atoms with Gasteiger partial charge in [0.05, 0.1) is 15.5 Å². The van der Waals surface area contributed by atoms with E-state index in [1.165, 1.54) is 22.5 Å². The van der Waals surface area contributed by atoms with Crippen LogP contribution >= 0.6 is 11.6 Å². The van der Waals surface area contributed by atoms with Gasteiger partial charge < -0.3 is 10.6 Å². The molecule has 0 aromatic heterocycles. The molecule has 0 unspecified atom stereocenters. The van der Waals surface area contributed by atoms with E-state index in [0.29, 0.717) is 24.5 Å². The third-order valence-electron chi connectivity index (χ3n) is 4.46. The second-order valence-corrected chi connectivity index (χ2v) is 9.25. The van der Waals surface area contributed by atoms with Crippen molar-refractivity contribution in [3.8, 4) is 0 Å². The van der Waals surface area contributed by atoms with E-state index in [1.54, 1.807) is 52.0 Å². The number of rotatable bonds is 8. The maximum absolute atomic E-state index is 12.7. The van der Waals surface area contributed by atoms with Crippen LogP contribution in [0.2, 0.25) is 5.02 Å². The summed E-state index contributed by atoms with van der Waals surface area (Å²) in [4.78, 5) is 24.5. The summed E-state index contributed by atoms with van der Waals surface area (Å²) in [6.07, 6.45) is 0. The van der Waals surface area contributed by atoms with Crippen molar-refractivity contribution in [1.82, 2.24) is 4.31 Å². The Hall–Kier alpha value is -2.42. The molecule has 0 saturated carbocycles. The first-order valence-electron chi connectivity index (χ1n) is 9.62. The van der Waals surface area contributed by atoms with E-state index in [4.69, 9.17) is 11.6 Å². The van der Waals surface area contributed by atoms with Crippen molar-refractivity contribution in [2.24, 2.45) is 5.92 Å². The lowest BCUT2D eigenvalue weighted by molar-refractivity contribution is -0.118. The molecule has 162 valence electrons. The quantitative estimate of drug-likeness (QED) is 0.628. The summed E-state index contributed by atoms with van der Waals surface area (Å²) in [5.74, 6) is -0.785. The number of benzene rings is 2. The van der Waals surface area contributed by atoms with Crippen LogP contribution in [0.5, 0.6) is 0 Å². The predicted molar refractivity (Wildman–Crippen MR) is 119 cm³/mol. The number of sulfonamides is 1. The highest BCUT2D eigenvalue weighted by Gasteiger charge is 2.24. The molecular weight excluding hydrogens is 426 g/mol. The maximum Gasteiger partial charge on any atom is 0.257 e. The number of nitrogens with zero attached hydrogens (tertiary/aromatic N) is 1. The van der Waals surface area contributed by atoms with E-state index in [2.05, 4.69) is 10.6 Å². The predicted octanol–water partition coefficient (Wildman–Crippen LogP) is 4.22. The average Bonchev–Trinajstić information content (AvgIpc) is 2.70. The van der Waals surface area contributed by atoms with Gasteiger partial charge in [-0.2, -0.15) is 4.31 Å². The lowest BCUT2D eigenvalue weighted by Crippen LogP contribution is -2.30. The van der Waals surface area contributed by atoms with E-state index >= 15 is 0 Å². The minimum absolute atomic E-state index is 0.00694. The van der Waals surface area contributed by atoms with Crippen molar-refractivity contribution in [2.45, 2.75) is 32.6 Å². The highest BCUT2D eigenvalue weighted by atomic mass is 35.5. The van der Waals surface area contributed by atoms with Gasteiger partial charge in [-0.25, -0.2) is 8.42 Å². The van der Waals surface area contributed by atoms with Gasteiger partial charge in [0, 0.05) is 30.4 Å². The molecule has 30 heavy (non-hydrogen) atoms. The van der Waals surface area contributed by atoms with E-state index in [1.807, 2.05) is 0 Å². The fourth-order valence-corrected chi connectivity index (χ4v) is 4.36. The summed E-state index contributed by atoms with van der Waals surface area (Å²) in [5.41, 5.74) is 1.15. The van der Waals surface area contributed by atoms with Gasteiger partial charge in [0.1, 0.15) is 0 Å². The number of anilines is 2. The Morgan fingerprint density at radius 2 is 1.50 bits per heavy atom. The van der Waals surface area contributed by atoms with Crippen molar-refractivity contribution in [3.63, 3.8) is 0 Å². The summed E-state index contributed by atoms with van der Waals surface area (Å²) in [6, 6.07) is 10.7. The fourth-order valence-electron chi connectivity index (χ4n) is 2.67. The Balaban J connectivity index is 2.22. The molecule has 0 fully saturated rings. The minimum atomic E-state index is -3.72. The first-order chi connectivity index (χ1) is 14.1. The summed E-state index contributed by atoms with van der Waals surface area (Å²) in [5, 5.41) is 5.60. The van der Waals surface area contributed by atoms with E-state index < -0.39 is 15.9 Å². The van der Waals surface area contributed by atoms with Gasteiger partial charge in [-0.1, -0.05) is 39.3 Å². The molecule has 0 saturated heterocycles. The Bertz CT molecular complexity index is 1020. The van der Waals surface area contributed by atoms with Gasteiger partial charge >= 0.3 is 0 Å². The normalized spacial score (nSPS) is 11.6. The molecule has 2 aromatic rings. The molecule has 7 nitrogen and oxygen atoms in total. The first kappa shape index (κ1) is 23.9. The number of halogens is 1. The largest absolute Gasteiger partial charge is 0.326 e. The number of amides is 2. The Labute approximate surface area is 182 Å². The Kier molecular flexibility index (Phi) is 8.00. The van der Waals surface area contributed by atoms with Crippen LogP contribution in [0.3, 0.4) is 0 Å². The molecular formula is C21H26ClN3O4S. The molecule has 0 aliphatic carbocycles. The van der Waals surface area contributed by atoms with Crippen molar-refractivity contribution in [2.75, 3.05) is 23.7 Å². The summed E-state index contributed by atoms with van der Waals surface area (Å²) >= 11 is 6.15. The molecule has 2 aromatic carbocycles. The van der Waals surface area contributed by atoms with Crippen molar-refractivity contribution >= 4 is 44.8 Å². The second kappa shape index (κ2) is 10.1. The monoisotopic (exact) mass is 451 g/mol. The Morgan fingerprint density at radius 1 is 0.967 bits per heavy atom. The minimum Gasteiger partial charge on any atom is -0.326 e. The molecule has 0 bridgehead atoms. The molecule has 0 heterocycles. The highest BCUT2D eigenvalue weighted by Crippen LogP contribution is 2.24. The van der Waals surface area contributed by atoms with Gasteiger partial charge in [0.2, 0.25) is 15.9 Å². The topological polar surface area (TPSA) is 95.6 Å². The van der Waals surface area contributed by atoms with Crippen LogP contribution in [0, 0.1) is 5.92 Å². The second-order valence-electron chi connectivity index (χ2n) is 6.91. The van der Waals surface area contributed by atoms with Gasteiger partial charge in [-0.05, 0) is 42.5 Å². The van der Waals surface area contributed by atoms with E-state index in [9.17, 15) is 18.0 Å². The third-order valence-corrected chi connectivity index (χ3v) is 6.84. The zero-order valence-corrected chi connectivity index (χ0v) is 19.0. The zero-order chi connectivity index (χ0) is 22.5. The lowest BCUT2D eigenvalue weighted by Gasteiger charge is -2.19. The maximum atomic E-state index is 12.7. The molecule has 0 aliphatic heterocycles. The van der Waals surface area contributed by atoms with Crippen molar-refractivity contribution in [3.05, 3.63) is 53.1 Å². The smallest absolute Gasteiger partial charge is 0.257 e. The van der Waals surface area contributed by atoms with Crippen LogP contribution < -0.4 is 10.6 Å². The fraction of sp³-hybridized carbons (Fsp3) is 0.333. The highest BCUT2D eigenvalue weighted by molar-refractivity contribution is 7.89. The van der Waals surface area contributed by atoms with Crippen molar-refractivity contribution < 1.29 is 18.0 Å².